The Morgan fingerprint density at radius 1 is 1.35 bits per heavy atom. The Kier molecular flexibility index (Phi) is 7.53. The van der Waals surface area contributed by atoms with E-state index in [1.807, 2.05) is 6.92 Å². The molecule has 9 nitrogen and oxygen atoms in total. The Balaban J connectivity index is 0.000000423. The van der Waals surface area contributed by atoms with Crippen molar-refractivity contribution >= 4 is 21.7 Å². The van der Waals surface area contributed by atoms with E-state index in [0.29, 0.717) is 25.2 Å². The fraction of sp³-hybridized carbons (Fsp3) is 0.611. The van der Waals surface area contributed by atoms with Gasteiger partial charge in [-0.2, -0.15) is 13.2 Å². The van der Waals surface area contributed by atoms with Crippen LogP contribution in [0.1, 0.15) is 23.7 Å². The third-order valence-corrected chi connectivity index (χ3v) is 7.87. The molecule has 2 aliphatic heterocycles. The van der Waals surface area contributed by atoms with Crippen LogP contribution >= 0.6 is 0 Å². The third kappa shape index (κ3) is 5.09. The van der Waals surface area contributed by atoms with Gasteiger partial charge < -0.3 is 19.5 Å². The number of carbonyl (C=O) groups excluding carboxylic acids is 1. The fourth-order valence-electron chi connectivity index (χ4n) is 3.60. The fourth-order valence-corrected chi connectivity index (χ4v) is 6.00. The normalized spacial score (nSPS) is 21.1. The lowest BCUT2D eigenvalue weighted by atomic mass is 9.83. The van der Waals surface area contributed by atoms with Crippen LogP contribution < -0.4 is 4.74 Å². The van der Waals surface area contributed by atoms with Crippen LogP contribution in [0.4, 0.5) is 13.2 Å². The minimum Gasteiger partial charge on any atom is -0.480 e. The van der Waals surface area contributed by atoms with Crippen LogP contribution in [0, 0.1) is 5.92 Å². The number of carboxylic acid groups (broad SMARTS) is 1. The molecule has 31 heavy (non-hydrogen) atoms. The van der Waals surface area contributed by atoms with E-state index in [1.165, 1.54) is 7.11 Å². The standard InChI is InChI=1S/C16H22N2O5S.C2HF3O2/c1-3-23-9-12-6-8-24(20,21)16(12)10-18(11-16)15(19)13-5-4-7-17-14(13)22-2;3-2(4,5)1(6)7/h4-5,7,12H,3,6,8-11H2,1-2H3;(H,6,7). The van der Waals surface area contributed by atoms with Crippen molar-refractivity contribution in [1.29, 1.82) is 0 Å². The zero-order valence-electron chi connectivity index (χ0n) is 16.9. The van der Waals surface area contributed by atoms with Crippen molar-refractivity contribution in [2.45, 2.75) is 24.3 Å². The molecule has 2 aliphatic rings. The van der Waals surface area contributed by atoms with Gasteiger partial charge >= 0.3 is 12.1 Å². The minimum absolute atomic E-state index is 0.0534. The molecule has 3 rings (SSSR count). The number of hydrogen-bond donors (Lipinski definition) is 1. The van der Waals surface area contributed by atoms with Crippen molar-refractivity contribution in [3.63, 3.8) is 0 Å². The summed E-state index contributed by atoms with van der Waals surface area (Å²) in [5.74, 6) is -2.63. The van der Waals surface area contributed by atoms with E-state index in [9.17, 15) is 26.4 Å². The van der Waals surface area contributed by atoms with E-state index >= 15 is 0 Å². The van der Waals surface area contributed by atoms with Gasteiger partial charge in [0.05, 0.1) is 19.5 Å². The van der Waals surface area contributed by atoms with Crippen LogP contribution in [-0.4, -0.2) is 85.4 Å². The number of halogens is 3. The molecule has 0 aliphatic carbocycles. The number of methoxy groups -OCH3 is 1. The molecule has 0 aromatic carbocycles. The van der Waals surface area contributed by atoms with Gasteiger partial charge in [-0.3, -0.25) is 4.79 Å². The molecule has 1 unspecified atom stereocenters. The van der Waals surface area contributed by atoms with Crippen LogP contribution in [0.15, 0.2) is 18.3 Å². The van der Waals surface area contributed by atoms with Crippen LogP contribution in [0.2, 0.25) is 0 Å². The van der Waals surface area contributed by atoms with E-state index in [4.69, 9.17) is 19.4 Å². The molecule has 0 bridgehead atoms. The van der Waals surface area contributed by atoms with E-state index < -0.39 is 26.7 Å². The Labute approximate surface area is 177 Å². The van der Waals surface area contributed by atoms with Crippen molar-refractivity contribution in [2.24, 2.45) is 5.92 Å². The molecule has 1 amide bonds. The predicted molar refractivity (Wildman–Crippen MR) is 102 cm³/mol. The summed E-state index contributed by atoms with van der Waals surface area (Å²) in [4.78, 5) is 27.1. The number of likely N-dealkylation sites (tertiary alicyclic amines) is 1. The van der Waals surface area contributed by atoms with E-state index in [-0.39, 0.29) is 36.5 Å². The molecule has 174 valence electrons. The van der Waals surface area contributed by atoms with Gasteiger partial charge in [0.25, 0.3) is 5.91 Å². The summed E-state index contributed by atoms with van der Waals surface area (Å²) in [6, 6.07) is 3.30. The summed E-state index contributed by atoms with van der Waals surface area (Å²) in [7, 11) is -1.76. The topological polar surface area (TPSA) is 123 Å². The van der Waals surface area contributed by atoms with Crippen molar-refractivity contribution in [2.75, 3.05) is 39.2 Å². The van der Waals surface area contributed by atoms with Crippen LogP contribution in [0.3, 0.4) is 0 Å². The van der Waals surface area contributed by atoms with Gasteiger partial charge in [-0.1, -0.05) is 0 Å². The third-order valence-electron chi connectivity index (χ3n) is 5.26. The zero-order chi connectivity index (χ0) is 23.4. The largest absolute Gasteiger partial charge is 0.490 e. The molecule has 1 spiro atoms. The molecule has 0 radical (unpaired) electrons. The number of alkyl halides is 3. The monoisotopic (exact) mass is 468 g/mol. The lowest BCUT2D eigenvalue weighted by Crippen LogP contribution is -2.68. The highest BCUT2D eigenvalue weighted by molar-refractivity contribution is 7.93. The van der Waals surface area contributed by atoms with Gasteiger partial charge in [0.2, 0.25) is 5.88 Å². The number of hydrogen-bond acceptors (Lipinski definition) is 7. The molecular weight excluding hydrogens is 445 g/mol. The van der Waals surface area contributed by atoms with Crippen molar-refractivity contribution < 1.29 is 45.8 Å². The zero-order valence-corrected chi connectivity index (χ0v) is 17.7. The summed E-state index contributed by atoms with van der Waals surface area (Å²) in [6.07, 6.45) is -2.94. The Morgan fingerprint density at radius 3 is 2.48 bits per heavy atom. The average molecular weight is 468 g/mol. The lowest BCUT2D eigenvalue weighted by molar-refractivity contribution is -0.192. The van der Waals surface area contributed by atoms with Gasteiger partial charge in [0.1, 0.15) is 10.3 Å². The highest BCUT2D eigenvalue weighted by Gasteiger charge is 2.62. The molecule has 3 heterocycles. The van der Waals surface area contributed by atoms with Crippen LogP contribution in [0.5, 0.6) is 5.88 Å². The van der Waals surface area contributed by atoms with Gasteiger partial charge in [-0.25, -0.2) is 18.2 Å². The first-order valence-electron chi connectivity index (χ1n) is 9.28. The number of sulfone groups is 1. The Bertz CT molecular complexity index is 915. The average Bonchev–Trinajstić information content (AvgIpc) is 2.94. The molecular formula is C18H23F3N2O7S. The summed E-state index contributed by atoms with van der Waals surface area (Å²) >= 11 is 0. The number of ether oxygens (including phenoxy) is 2. The quantitative estimate of drug-likeness (QED) is 0.688. The van der Waals surface area contributed by atoms with Gasteiger partial charge in [0.15, 0.2) is 9.84 Å². The van der Waals surface area contributed by atoms with Crippen LogP contribution in [0.25, 0.3) is 0 Å². The second-order valence-corrected chi connectivity index (χ2v) is 9.50. The number of carbonyl (C=O) groups is 2. The second-order valence-electron chi connectivity index (χ2n) is 7.05. The summed E-state index contributed by atoms with van der Waals surface area (Å²) in [6.45, 7) is 3.30. The number of nitrogens with zero attached hydrogens (tertiary/aromatic N) is 2. The van der Waals surface area contributed by atoms with E-state index in [0.717, 1.165) is 0 Å². The number of aliphatic carboxylic acids is 1. The highest BCUT2D eigenvalue weighted by Crippen LogP contribution is 2.45. The number of rotatable bonds is 5. The first-order chi connectivity index (χ1) is 14.4. The van der Waals surface area contributed by atoms with Gasteiger partial charge in [-0.15, -0.1) is 0 Å². The summed E-state index contributed by atoms with van der Waals surface area (Å²) in [5, 5.41) is 7.12. The van der Waals surface area contributed by atoms with Crippen molar-refractivity contribution in [3.8, 4) is 5.88 Å². The first-order valence-corrected chi connectivity index (χ1v) is 10.9. The Hall–Kier alpha value is -2.41. The first kappa shape index (κ1) is 24.9. The maximum absolute atomic E-state index is 12.7. The smallest absolute Gasteiger partial charge is 0.480 e. The summed E-state index contributed by atoms with van der Waals surface area (Å²) in [5.41, 5.74) is 0.353. The van der Waals surface area contributed by atoms with Crippen molar-refractivity contribution in [3.05, 3.63) is 23.9 Å². The second kappa shape index (κ2) is 9.39. The van der Waals surface area contributed by atoms with Crippen LogP contribution in [-0.2, 0) is 19.4 Å². The molecule has 0 saturated carbocycles. The highest BCUT2D eigenvalue weighted by atomic mass is 32.2. The Morgan fingerprint density at radius 2 is 1.97 bits per heavy atom. The number of pyridine rings is 1. The molecule has 1 atom stereocenters. The number of aromatic nitrogens is 1. The molecule has 1 aromatic rings. The minimum atomic E-state index is -5.08. The van der Waals surface area contributed by atoms with E-state index in [2.05, 4.69) is 4.98 Å². The number of amides is 1. The van der Waals surface area contributed by atoms with Gasteiger partial charge in [-0.05, 0) is 25.5 Å². The molecule has 2 saturated heterocycles. The van der Waals surface area contributed by atoms with Gasteiger partial charge in [0, 0.05) is 31.8 Å². The van der Waals surface area contributed by atoms with E-state index in [1.54, 1.807) is 23.2 Å². The number of carboxylic acids is 1. The summed E-state index contributed by atoms with van der Waals surface area (Å²) < 4.78 is 66.5. The molecule has 1 N–H and O–H groups in total. The lowest BCUT2D eigenvalue weighted by Gasteiger charge is -2.49. The SMILES string of the molecule is CCOCC1CCS(=O)(=O)C12CN(C(=O)c1cccnc1OC)C2.O=C(O)C(F)(F)F. The maximum atomic E-state index is 12.7. The molecule has 13 heteroatoms. The maximum Gasteiger partial charge on any atom is 0.490 e. The predicted octanol–water partition coefficient (Wildman–Crippen LogP) is 1.39. The molecule has 1 aromatic heterocycles. The molecule has 2 fully saturated rings. The van der Waals surface area contributed by atoms with Crippen molar-refractivity contribution in [1.82, 2.24) is 9.88 Å².